The summed E-state index contributed by atoms with van der Waals surface area (Å²) in [6.07, 6.45) is 0. The lowest BCUT2D eigenvalue weighted by Crippen LogP contribution is -2.05. The molecule has 2 heteroatoms. The van der Waals surface area contributed by atoms with Crippen molar-refractivity contribution < 1.29 is 0 Å². The van der Waals surface area contributed by atoms with Gasteiger partial charge < -0.3 is 0 Å². The Morgan fingerprint density at radius 1 is 0.850 bits per heavy atom. The fraction of sp³-hybridized carbons (Fsp3) is 0.333. The standard InChI is InChI=1S/C18H20BrCl/c1-10-6-7-15(19)9-16(10)18(20)17-13(4)11(2)8-12(3)14(17)5/h6-9,18H,1-5H3. The highest BCUT2D eigenvalue weighted by atomic mass is 79.9. The van der Waals surface area contributed by atoms with E-state index in [0.717, 1.165) is 4.47 Å². The van der Waals surface area contributed by atoms with E-state index in [2.05, 4.69) is 74.8 Å². The summed E-state index contributed by atoms with van der Waals surface area (Å²) in [5, 5.41) is -0.105. The van der Waals surface area contributed by atoms with E-state index in [1.165, 1.54) is 38.9 Å². The predicted octanol–water partition coefficient (Wildman–Crippen LogP) is 6.32. The number of alkyl halides is 1. The van der Waals surface area contributed by atoms with Gasteiger partial charge in [-0.3, -0.25) is 0 Å². The molecule has 0 saturated heterocycles. The highest BCUT2D eigenvalue weighted by molar-refractivity contribution is 9.10. The number of hydrogen-bond acceptors (Lipinski definition) is 0. The summed E-state index contributed by atoms with van der Waals surface area (Å²) in [6.45, 7) is 10.8. The first-order valence-electron chi connectivity index (χ1n) is 6.80. The molecule has 0 spiro atoms. The van der Waals surface area contributed by atoms with Crippen LogP contribution in [0.2, 0.25) is 0 Å². The van der Waals surface area contributed by atoms with E-state index in [1.54, 1.807) is 0 Å². The van der Waals surface area contributed by atoms with Crippen LogP contribution in [0, 0.1) is 34.6 Å². The molecule has 0 N–H and O–H groups in total. The molecule has 0 aromatic heterocycles. The van der Waals surface area contributed by atoms with Crippen molar-refractivity contribution in [1.29, 1.82) is 0 Å². The summed E-state index contributed by atoms with van der Waals surface area (Å²) >= 11 is 10.4. The second-order valence-corrected chi connectivity index (χ2v) is 6.89. The minimum atomic E-state index is -0.105. The summed E-state index contributed by atoms with van der Waals surface area (Å²) in [6, 6.07) is 8.54. The first-order chi connectivity index (χ1) is 9.32. The van der Waals surface area contributed by atoms with Gasteiger partial charge in [-0.15, -0.1) is 11.6 Å². The molecule has 0 aliphatic heterocycles. The average molecular weight is 352 g/mol. The Morgan fingerprint density at radius 2 is 1.40 bits per heavy atom. The Hall–Kier alpha value is -0.790. The van der Waals surface area contributed by atoms with Crippen LogP contribution in [0.25, 0.3) is 0 Å². The van der Waals surface area contributed by atoms with Crippen molar-refractivity contribution in [3.05, 3.63) is 67.7 Å². The van der Waals surface area contributed by atoms with Crippen LogP contribution in [0.3, 0.4) is 0 Å². The van der Waals surface area contributed by atoms with Gasteiger partial charge in [-0.1, -0.05) is 28.1 Å². The Balaban J connectivity index is 2.65. The van der Waals surface area contributed by atoms with Gasteiger partial charge in [-0.05, 0) is 85.7 Å². The van der Waals surface area contributed by atoms with Gasteiger partial charge >= 0.3 is 0 Å². The number of hydrogen-bond donors (Lipinski definition) is 0. The van der Waals surface area contributed by atoms with Gasteiger partial charge in [-0.2, -0.15) is 0 Å². The summed E-state index contributed by atoms with van der Waals surface area (Å²) in [5.74, 6) is 0. The number of benzene rings is 2. The normalized spacial score (nSPS) is 12.6. The number of aryl methyl sites for hydroxylation is 3. The molecule has 1 unspecified atom stereocenters. The molecule has 20 heavy (non-hydrogen) atoms. The lowest BCUT2D eigenvalue weighted by atomic mass is 9.89. The second kappa shape index (κ2) is 5.91. The van der Waals surface area contributed by atoms with Crippen LogP contribution in [0.4, 0.5) is 0 Å². The Bertz CT molecular complexity index is 633. The third-order valence-electron chi connectivity index (χ3n) is 4.19. The van der Waals surface area contributed by atoms with Crippen LogP contribution >= 0.6 is 27.5 Å². The maximum absolute atomic E-state index is 6.84. The van der Waals surface area contributed by atoms with E-state index in [4.69, 9.17) is 11.6 Å². The fourth-order valence-corrected chi connectivity index (χ4v) is 3.61. The van der Waals surface area contributed by atoms with E-state index in [9.17, 15) is 0 Å². The topological polar surface area (TPSA) is 0 Å². The molecule has 0 amide bonds. The van der Waals surface area contributed by atoms with Gasteiger partial charge in [0.2, 0.25) is 0 Å². The first-order valence-corrected chi connectivity index (χ1v) is 8.03. The van der Waals surface area contributed by atoms with E-state index in [1.807, 2.05) is 0 Å². The fourth-order valence-electron chi connectivity index (χ4n) is 2.67. The quantitative estimate of drug-likeness (QED) is 0.555. The molecule has 0 aliphatic carbocycles. The maximum Gasteiger partial charge on any atom is 0.0843 e. The van der Waals surface area contributed by atoms with Crippen LogP contribution in [-0.2, 0) is 0 Å². The SMILES string of the molecule is Cc1ccc(Br)cc1C(Cl)c1c(C)c(C)cc(C)c1C. The smallest absolute Gasteiger partial charge is 0.0843 e. The molecule has 0 nitrogen and oxygen atoms in total. The molecule has 0 saturated carbocycles. The van der Waals surface area contributed by atoms with Gasteiger partial charge in [0.1, 0.15) is 0 Å². The van der Waals surface area contributed by atoms with Crippen LogP contribution in [0.15, 0.2) is 28.7 Å². The lowest BCUT2D eigenvalue weighted by Gasteiger charge is -2.21. The molecule has 0 heterocycles. The molecule has 2 rings (SSSR count). The zero-order valence-electron chi connectivity index (χ0n) is 12.6. The summed E-state index contributed by atoms with van der Waals surface area (Å²) < 4.78 is 1.07. The zero-order valence-corrected chi connectivity index (χ0v) is 15.0. The van der Waals surface area contributed by atoms with Crippen molar-refractivity contribution in [2.45, 2.75) is 40.0 Å². The third kappa shape index (κ3) is 2.80. The maximum atomic E-state index is 6.84. The van der Waals surface area contributed by atoms with Crippen molar-refractivity contribution in [1.82, 2.24) is 0 Å². The molecule has 0 bridgehead atoms. The van der Waals surface area contributed by atoms with E-state index < -0.39 is 0 Å². The average Bonchev–Trinajstić information content (AvgIpc) is 2.39. The largest absolute Gasteiger partial charge is 0.113 e. The van der Waals surface area contributed by atoms with Crippen molar-refractivity contribution in [2.24, 2.45) is 0 Å². The molecule has 0 aliphatic rings. The summed E-state index contributed by atoms with van der Waals surface area (Å²) in [4.78, 5) is 0. The van der Waals surface area contributed by atoms with Crippen molar-refractivity contribution in [3.8, 4) is 0 Å². The van der Waals surface area contributed by atoms with Crippen LogP contribution in [-0.4, -0.2) is 0 Å². The van der Waals surface area contributed by atoms with Gasteiger partial charge in [0.05, 0.1) is 5.38 Å². The molecule has 0 radical (unpaired) electrons. The van der Waals surface area contributed by atoms with Gasteiger partial charge in [0.25, 0.3) is 0 Å². The third-order valence-corrected chi connectivity index (χ3v) is 5.14. The number of rotatable bonds is 2. The van der Waals surface area contributed by atoms with E-state index in [0.29, 0.717) is 0 Å². The second-order valence-electron chi connectivity index (χ2n) is 5.54. The molecule has 0 fully saturated rings. The highest BCUT2D eigenvalue weighted by Gasteiger charge is 2.20. The van der Waals surface area contributed by atoms with E-state index in [-0.39, 0.29) is 5.38 Å². The molecule has 1 atom stereocenters. The van der Waals surface area contributed by atoms with Crippen molar-refractivity contribution in [3.63, 3.8) is 0 Å². The summed E-state index contributed by atoms with van der Waals surface area (Å²) in [5.41, 5.74) is 8.87. The van der Waals surface area contributed by atoms with Crippen LogP contribution < -0.4 is 0 Å². The predicted molar refractivity (Wildman–Crippen MR) is 92.0 cm³/mol. The first kappa shape index (κ1) is 15.6. The molecule has 2 aromatic rings. The molecular weight excluding hydrogens is 332 g/mol. The van der Waals surface area contributed by atoms with Gasteiger partial charge in [0, 0.05) is 4.47 Å². The highest BCUT2D eigenvalue weighted by Crippen LogP contribution is 2.38. The molecule has 2 aromatic carbocycles. The van der Waals surface area contributed by atoms with Crippen molar-refractivity contribution in [2.75, 3.05) is 0 Å². The number of halogens is 2. The Kier molecular flexibility index (Phi) is 4.61. The van der Waals surface area contributed by atoms with E-state index >= 15 is 0 Å². The minimum absolute atomic E-state index is 0.105. The Labute approximate surface area is 135 Å². The lowest BCUT2D eigenvalue weighted by molar-refractivity contribution is 1.04. The zero-order chi connectivity index (χ0) is 15.0. The molecular formula is C18H20BrCl. The summed E-state index contributed by atoms with van der Waals surface area (Å²) in [7, 11) is 0. The Morgan fingerprint density at radius 3 is 1.95 bits per heavy atom. The van der Waals surface area contributed by atoms with Gasteiger partial charge in [-0.25, -0.2) is 0 Å². The van der Waals surface area contributed by atoms with Crippen LogP contribution in [0.5, 0.6) is 0 Å². The van der Waals surface area contributed by atoms with Crippen LogP contribution in [0.1, 0.15) is 44.3 Å². The molecule has 106 valence electrons. The monoisotopic (exact) mass is 350 g/mol. The van der Waals surface area contributed by atoms with Gasteiger partial charge in [0.15, 0.2) is 0 Å². The van der Waals surface area contributed by atoms with Crippen molar-refractivity contribution >= 4 is 27.5 Å². The minimum Gasteiger partial charge on any atom is -0.113 e.